The number of cyclic esters (lactones) is 1. The van der Waals surface area contributed by atoms with Crippen molar-refractivity contribution in [1.29, 1.82) is 0 Å². The first-order valence-electron chi connectivity index (χ1n) is 16.6. The van der Waals surface area contributed by atoms with E-state index in [1.165, 1.54) is 167 Å². The minimum atomic E-state index is 0.0177. The lowest BCUT2D eigenvalue weighted by Gasteiger charge is -2.12. The summed E-state index contributed by atoms with van der Waals surface area (Å²) >= 11 is 0. The number of allylic oxidation sites excluding steroid dienone is 2. The minimum absolute atomic E-state index is 0.0177. The molecule has 0 aromatic carbocycles. The molecule has 2 heteroatoms. The highest BCUT2D eigenvalue weighted by molar-refractivity contribution is 5.69. The molecule has 0 bridgehead atoms. The second-order valence-electron chi connectivity index (χ2n) is 11.9. The van der Waals surface area contributed by atoms with Crippen LogP contribution in [0.2, 0.25) is 0 Å². The Labute approximate surface area is 226 Å². The predicted octanol–water partition coefficient (Wildman–Crippen LogP) is 11.7. The monoisotopic (exact) mass is 504 g/mol. The second kappa shape index (κ2) is 27.3. The number of ether oxygens (including phenoxy) is 1. The van der Waals surface area contributed by atoms with E-state index in [0.29, 0.717) is 18.9 Å². The summed E-state index contributed by atoms with van der Waals surface area (Å²) in [6.45, 7) is 2.83. The molecule has 0 fully saturated rings. The Morgan fingerprint density at radius 1 is 0.500 bits per heavy atom. The zero-order valence-electron chi connectivity index (χ0n) is 24.6. The molecule has 0 saturated heterocycles. The van der Waals surface area contributed by atoms with E-state index >= 15 is 0 Å². The van der Waals surface area contributed by atoms with E-state index in [0.717, 1.165) is 6.42 Å². The molecule has 0 spiro atoms. The Bertz CT molecular complexity index is 484. The molecule has 0 N–H and O–H groups in total. The molecule has 1 aliphatic heterocycles. The fraction of sp³-hybridized carbons (Fsp3) is 0.912. The highest BCUT2D eigenvalue weighted by Gasteiger charge is 2.07. The molecule has 0 aromatic heterocycles. The summed E-state index contributed by atoms with van der Waals surface area (Å²) in [5, 5.41) is 0. The van der Waals surface area contributed by atoms with Gasteiger partial charge in [-0.2, -0.15) is 0 Å². The third-order valence-corrected chi connectivity index (χ3v) is 8.01. The lowest BCUT2D eigenvalue weighted by atomic mass is 10.0. The van der Waals surface area contributed by atoms with E-state index in [1.54, 1.807) is 0 Å². The van der Waals surface area contributed by atoms with E-state index in [-0.39, 0.29) is 5.97 Å². The SMILES string of the molecule is CC1CCCCC/C=C\CCCCCCCCCCCCCCCCCCCCCCCC(=O)OC1. The van der Waals surface area contributed by atoms with Gasteiger partial charge in [0.2, 0.25) is 0 Å². The number of hydrogen-bond acceptors (Lipinski definition) is 2. The highest BCUT2D eigenvalue weighted by atomic mass is 16.5. The molecule has 36 heavy (non-hydrogen) atoms. The summed E-state index contributed by atoms with van der Waals surface area (Å²) in [5.74, 6) is 0.511. The average Bonchev–Trinajstić information content (AvgIpc) is 2.88. The number of hydrogen-bond donors (Lipinski definition) is 0. The standard InChI is InChI=1S/C34H64O2/c1-33-30-28-26-24-22-20-18-16-14-12-10-8-6-4-2-3-5-7-9-11-13-15-17-19-21-23-25-27-29-31-34(35)36-32-33/h18,20,33H,2-17,19,21-32H2,1H3/b20-18-. The van der Waals surface area contributed by atoms with Gasteiger partial charge in [-0.05, 0) is 44.4 Å². The fourth-order valence-corrected chi connectivity index (χ4v) is 5.45. The summed E-state index contributed by atoms with van der Waals surface area (Å²) in [4.78, 5) is 12.0. The molecule has 0 radical (unpaired) electrons. The number of esters is 1. The zero-order chi connectivity index (χ0) is 25.8. The largest absolute Gasteiger partial charge is 0.465 e. The van der Waals surface area contributed by atoms with Gasteiger partial charge in [0.25, 0.3) is 0 Å². The van der Waals surface area contributed by atoms with Crippen LogP contribution in [-0.2, 0) is 9.53 Å². The van der Waals surface area contributed by atoms with Crippen molar-refractivity contribution in [3.63, 3.8) is 0 Å². The summed E-state index contributed by atoms with van der Waals surface area (Å²) in [6, 6.07) is 0. The second-order valence-corrected chi connectivity index (χ2v) is 11.9. The molecule has 1 unspecified atom stereocenters. The van der Waals surface area contributed by atoms with Crippen LogP contribution in [0, 0.1) is 5.92 Å². The van der Waals surface area contributed by atoms with E-state index in [4.69, 9.17) is 4.74 Å². The quantitative estimate of drug-likeness (QED) is 0.242. The van der Waals surface area contributed by atoms with Crippen molar-refractivity contribution in [2.24, 2.45) is 5.92 Å². The third-order valence-electron chi connectivity index (χ3n) is 8.01. The van der Waals surface area contributed by atoms with Gasteiger partial charge in [0.1, 0.15) is 0 Å². The van der Waals surface area contributed by atoms with Gasteiger partial charge >= 0.3 is 5.97 Å². The van der Waals surface area contributed by atoms with E-state index in [9.17, 15) is 4.79 Å². The Morgan fingerprint density at radius 2 is 0.833 bits per heavy atom. The van der Waals surface area contributed by atoms with Crippen LogP contribution in [0.25, 0.3) is 0 Å². The van der Waals surface area contributed by atoms with Gasteiger partial charge in [0, 0.05) is 6.42 Å². The van der Waals surface area contributed by atoms with Crippen molar-refractivity contribution in [2.45, 2.75) is 187 Å². The van der Waals surface area contributed by atoms with Gasteiger partial charge in [0.05, 0.1) is 6.61 Å². The molecular weight excluding hydrogens is 440 g/mol. The Kier molecular flexibility index (Phi) is 25.2. The lowest BCUT2D eigenvalue weighted by molar-refractivity contribution is -0.145. The van der Waals surface area contributed by atoms with Gasteiger partial charge in [-0.15, -0.1) is 0 Å². The normalized spacial score (nSPS) is 25.7. The first kappa shape index (κ1) is 33.2. The van der Waals surface area contributed by atoms with Crippen LogP contribution in [0.15, 0.2) is 12.2 Å². The Hall–Kier alpha value is -0.790. The smallest absolute Gasteiger partial charge is 0.305 e. The first-order chi connectivity index (χ1) is 17.8. The third kappa shape index (κ3) is 24.9. The zero-order valence-corrected chi connectivity index (χ0v) is 24.6. The van der Waals surface area contributed by atoms with Crippen LogP contribution in [0.4, 0.5) is 0 Å². The summed E-state index contributed by atoms with van der Waals surface area (Å²) < 4.78 is 5.53. The van der Waals surface area contributed by atoms with Crippen LogP contribution < -0.4 is 0 Å². The maximum Gasteiger partial charge on any atom is 0.305 e. The van der Waals surface area contributed by atoms with Crippen molar-refractivity contribution in [2.75, 3.05) is 6.61 Å². The van der Waals surface area contributed by atoms with Crippen molar-refractivity contribution in [3.05, 3.63) is 12.2 Å². The topological polar surface area (TPSA) is 26.3 Å². The summed E-state index contributed by atoms with van der Waals surface area (Å²) in [7, 11) is 0. The highest BCUT2D eigenvalue weighted by Crippen LogP contribution is 2.16. The molecule has 1 heterocycles. The van der Waals surface area contributed by atoms with Gasteiger partial charge < -0.3 is 4.74 Å². The van der Waals surface area contributed by atoms with Crippen LogP contribution in [0.5, 0.6) is 0 Å². The molecular formula is C34H64O2. The van der Waals surface area contributed by atoms with Crippen LogP contribution in [0.1, 0.15) is 187 Å². The van der Waals surface area contributed by atoms with Crippen molar-refractivity contribution < 1.29 is 9.53 Å². The van der Waals surface area contributed by atoms with Crippen LogP contribution in [-0.4, -0.2) is 12.6 Å². The van der Waals surface area contributed by atoms with Gasteiger partial charge in [-0.1, -0.05) is 154 Å². The lowest BCUT2D eigenvalue weighted by Crippen LogP contribution is -2.11. The summed E-state index contributed by atoms with van der Waals surface area (Å²) in [6.07, 6.45) is 42.1. The average molecular weight is 505 g/mol. The van der Waals surface area contributed by atoms with Crippen LogP contribution in [0.3, 0.4) is 0 Å². The van der Waals surface area contributed by atoms with Gasteiger partial charge in [-0.3, -0.25) is 4.79 Å². The summed E-state index contributed by atoms with van der Waals surface area (Å²) in [5.41, 5.74) is 0. The number of carbonyl (C=O) groups is 1. The minimum Gasteiger partial charge on any atom is -0.465 e. The van der Waals surface area contributed by atoms with Gasteiger partial charge in [0.15, 0.2) is 0 Å². The molecule has 0 saturated carbocycles. The fourth-order valence-electron chi connectivity index (χ4n) is 5.45. The Balaban J connectivity index is 2.14. The molecule has 1 aliphatic rings. The maximum atomic E-state index is 12.0. The van der Waals surface area contributed by atoms with Crippen molar-refractivity contribution in [1.82, 2.24) is 0 Å². The molecule has 0 aromatic rings. The predicted molar refractivity (Wildman–Crippen MR) is 159 cm³/mol. The number of rotatable bonds is 0. The van der Waals surface area contributed by atoms with Crippen LogP contribution >= 0.6 is 0 Å². The van der Waals surface area contributed by atoms with Crippen molar-refractivity contribution >= 4 is 5.97 Å². The molecule has 2 nitrogen and oxygen atoms in total. The van der Waals surface area contributed by atoms with Crippen molar-refractivity contribution in [3.8, 4) is 0 Å². The maximum absolute atomic E-state index is 12.0. The molecule has 1 rings (SSSR count). The number of carbonyl (C=O) groups excluding carboxylic acids is 1. The van der Waals surface area contributed by atoms with Gasteiger partial charge in [-0.25, -0.2) is 0 Å². The molecule has 1 atom stereocenters. The van der Waals surface area contributed by atoms with E-state index < -0.39 is 0 Å². The van der Waals surface area contributed by atoms with E-state index in [2.05, 4.69) is 19.1 Å². The van der Waals surface area contributed by atoms with E-state index in [1.807, 2.05) is 0 Å². The first-order valence-corrected chi connectivity index (χ1v) is 16.6. The Morgan fingerprint density at radius 3 is 1.25 bits per heavy atom. The molecule has 0 amide bonds. The molecule has 212 valence electrons. The molecule has 0 aliphatic carbocycles.